The molecule has 8 heteroatoms. The highest BCUT2D eigenvalue weighted by Gasteiger charge is 2.57. The van der Waals surface area contributed by atoms with E-state index in [0.717, 1.165) is 0 Å². The van der Waals surface area contributed by atoms with Crippen LogP contribution in [0.2, 0.25) is 0 Å². The van der Waals surface area contributed by atoms with E-state index in [0.29, 0.717) is 0 Å². The van der Waals surface area contributed by atoms with Crippen molar-refractivity contribution in [3.8, 4) is 0 Å². The van der Waals surface area contributed by atoms with E-state index >= 15 is 0 Å². The first kappa shape index (κ1) is 15.1. The fraction of sp³-hybridized carbons (Fsp3) is 0.875. The monoisotopic (exact) mass is 250 g/mol. The smallest absolute Gasteiger partial charge is 0.453 e. The number of nitrogens with zero attached hydrogens (tertiary/aromatic N) is 1. The number of alkyl halides is 5. The molecule has 0 radical (unpaired) electrons. The first-order valence-electron chi connectivity index (χ1n) is 4.36. The van der Waals surface area contributed by atoms with E-state index in [2.05, 4.69) is 0 Å². The third-order valence-electron chi connectivity index (χ3n) is 2.01. The molecule has 0 spiro atoms. The van der Waals surface area contributed by atoms with E-state index in [1.54, 1.807) is 0 Å². The Bertz CT molecular complexity index is 262. The average molecular weight is 250 g/mol. The lowest BCUT2D eigenvalue weighted by Gasteiger charge is -2.30. The van der Waals surface area contributed by atoms with Gasteiger partial charge in [0.1, 0.15) is 0 Å². The van der Waals surface area contributed by atoms with Crippen LogP contribution < -0.4 is 0 Å². The molecule has 0 bridgehead atoms. The Morgan fingerprint density at radius 2 is 1.62 bits per heavy atom. The van der Waals surface area contributed by atoms with Gasteiger partial charge in [-0.15, -0.1) is 0 Å². The molecule has 0 aromatic rings. The lowest BCUT2D eigenvalue weighted by molar-refractivity contribution is -0.884. The summed E-state index contributed by atoms with van der Waals surface area (Å²) in [5, 5.41) is 8.41. The molecule has 0 atom stereocenters. The van der Waals surface area contributed by atoms with Crippen molar-refractivity contribution in [2.24, 2.45) is 0 Å². The van der Waals surface area contributed by atoms with Crippen LogP contribution in [0.1, 0.15) is 6.42 Å². The van der Waals surface area contributed by atoms with Gasteiger partial charge in [0.05, 0.1) is 27.1 Å². The van der Waals surface area contributed by atoms with Crippen molar-refractivity contribution >= 4 is 5.97 Å². The molecule has 3 nitrogen and oxygen atoms in total. The molecule has 0 rings (SSSR count). The van der Waals surface area contributed by atoms with Crippen molar-refractivity contribution in [2.45, 2.75) is 18.5 Å². The molecule has 0 aromatic carbocycles. The SMILES string of the molecule is C[N+](C)(CCC(F)(F)C(F)(F)F)CC(=O)O. The third kappa shape index (κ3) is 4.73. The maximum atomic E-state index is 12.5. The minimum Gasteiger partial charge on any atom is -0.477 e. The fourth-order valence-corrected chi connectivity index (χ4v) is 1.03. The van der Waals surface area contributed by atoms with Crippen LogP contribution in [0.15, 0.2) is 0 Å². The van der Waals surface area contributed by atoms with Gasteiger partial charge in [-0.2, -0.15) is 22.0 Å². The topological polar surface area (TPSA) is 37.3 Å². The van der Waals surface area contributed by atoms with Crippen LogP contribution in [-0.4, -0.2) is 54.8 Å². The van der Waals surface area contributed by atoms with Crippen LogP contribution in [-0.2, 0) is 4.79 Å². The van der Waals surface area contributed by atoms with E-state index in [4.69, 9.17) is 5.11 Å². The Morgan fingerprint density at radius 1 is 1.19 bits per heavy atom. The van der Waals surface area contributed by atoms with E-state index in [1.807, 2.05) is 0 Å². The summed E-state index contributed by atoms with van der Waals surface area (Å²) in [6.45, 7) is -1.08. The summed E-state index contributed by atoms with van der Waals surface area (Å²) < 4.78 is 60.0. The quantitative estimate of drug-likeness (QED) is 0.596. The van der Waals surface area contributed by atoms with Crippen LogP contribution >= 0.6 is 0 Å². The summed E-state index contributed by atoms with van der Waals surface area (Å²) in [6.07, 6.45) is -7.01. The fourth-order valence-electron chi connectivity index (χ4n) is 1.03. The predicted octanol–water partition coefficient (Wildman–Crippen LogP) is 1.74. The van der Waals surface area contributed by atoms with Gasteiger partial charge in [0.2, 0.25) is 0 Å². The van der Waals surface area contributed by atoms with E-state index < -0.39 is 42.1 Å². The highest BCUT2D eigenvalue weighted by atomic mass is 19.4. The number of carboxylic acids is 1. The van der Waals surface area contributed by atoms with Crippen LogP contribution in [0.25, 0.3) is 0 Å². The van der Waals surface area contributed by atoms with Gasteiger partial charge in [-0.25, -0.2) is 4.79 Å². The summed E-state index contributed by atoms with van der Waals surface area (Å²) in [5.41, 5.74) is 0. The number of aliphatic carboxylic acids is 1. The molecule has 0 aliphatic carbocycles. The van der Waals surface area contributed by atoms with Gasteiger partial charge in [0.25, 0.3) is 0 Å². The lowest BCUT2D eigenvalue weighted by Crippen LogP contribution is -2.48. The van der Waals surface area contributed by atoms with Crippen molar-refractivity contribution < 1.29 is 36.3 Å². The van der Waals surface area contributed by atoms with Gasteiger partial charge in [-0.05, 0) is 0 Å². The zero-order valence-electron chi connectivity index (χ0n) is 8.81. The summed E-state index contributed by atoms with van der Waals surface area (Å²) in [6, 6.07) is 0. The second-order valence-corrected chi connectivity index (χ2v) is 4.16. The number of rotatable bonds is 5. The molecule has 0 unspecified atom stereocenters. The molecule has 0 aliphatic rings. The average Bonchev–Trinajstić information content (AvgIpc) is 1.96. The Labute approximate surface area is 89.0 Å². The lowest BCUT2D eigenvalue weighted by atomic mass is 10.2. The molecule has 0 fully saturated rings. The molecule has 0 saturated heterocycles. The van der Waals surface area contributed by atoms with E-state index in [9.17, 15) is 26.7 Å². The molecule has 0 aliphatic heterocycles. The normalized spacial score (nSPS) is 13.9. The van der Waals surface area contributed by atoms with E-state index in [-0.39, 0.29) is 0 Å². The number of carboxylic acid groups (broad SMARTS) is 1. The van der Waals surface area contributed by atoms with Gasteiger partial charge in [0, 0.05) is 0 Å². The third-order valence-corrected chi connectivity index (χ3v) is 2.01. The molecule has 16 heavy (non-hydrogen) atoms. The maximum Gasteiger partial charge on any atom is 0.453 e. The standard InChI is InChI=1S/C8H12F5NO2/c1-14(2,5-6(15)16)4-3-7(9,10)8(11,12)13/h3-5H2,1-2H3/p+1. The Morgan fingerprint density at radius 3 is 1.94 bits per heavy atom. The Kier molecular flexibility index (Phi) is 4.26. The van der Waals surface area contributed by atoms with Gasteiger partial charge < -0.3 is 9.59 Å². The summed E-state index contributed by atoms with van der Waals surface area (Å²) in [4.78, 5) is 10.3. The number of halogens is 5. The van der Waals surface area contributed by atoms with E-state index in [1.165, 1.54) is 14.1 Å². The minimum atomic E-state index is -5.59. The maximum absolute atomic E-state index is 12.5. The number of hydrogen-bond acceptors (Lipinski definition) is 1. The second-order valence-electron chi connectivity index (χ2n) is 4.16. The zero-order valence-corrected chi connectivity index (χ0v) is 8.81. The van der Waals surface area contributed by atoms with Crippen molar-refractivity contribution in [3.05, 3.63) is 0 Å². The highest BCUT2D eigenvalue weighted by molar-refractivity contribution is 5.67. The van der Waals surface area contributed by atoms with Crippen LogP contribution in [0.3, 0.4) is 0 Å². The van der Waals surface area contributed by atoms with Crippen molar-refractivity contribution in [2.75, 3.05) is 27.2 Å². The molecule has 0 heterocycles. The number of quaternary nitrogens is 1. The van der Waals surface area contributed by atoms with Crippen LogP contribution in [0, 0.1) is 0 Å². The molecule has 1 N–H and O–H groups in total. The Hall–Kier alpha value is -0.920. The highest BCUT2D eigenvalue weighted by Crippen LogP contribution is 2.38. The second kappa shape index (κ2) is 4.52. The van der Waals surface area contributed by atoms with Gasteiger partial charge in [0.15, 0.2) is 6.54 Å². The first-order chi connectivity index (χ1) is 6.87. The molecule has 0 aromatic heterocycles. The number of hydrogen-bond donors (Lipinski definition) is 1. The number of carbonyl (C=O) groups is 1. The number of likely N-dealkylation sites (N-methyl/N-ethyl adjacent to an activating group) is 1. The predicted molar refractivity (Wildman–Crippen MR) is 45.1 cm³/mol. The zero-order chi connectivity index (χ0) is 13.2. The molecule has 96 valence electrons. The summed E-state index contributed by atoms with van der Waals surface area (Å²) in [7, 11) is 2.56. The van der Waals surface area contributed by atoms with Gasteiger partial charge in [-0.3, -0.25) is 0 Å². The van der Waals surface area contributed by atoms with Crippen molar-refractivity contribution in [3.63, 3.8) is 0 Å². The van der Waals surface area contributed by atoms with Gasteiger partial charge >= 0.3 is 18.1 Å². The molecular formula is C8H13F5NO2+. The van der Waals surface area contributed by atoms with Crippen LogP contribution in [0.5, 0.6) is 0 Å². The molecular weight excluding hydrogens is 237 g/mol. The van der Waals surface area contributed by atoms with Crippen LogP contribution in [0.4, 0.5) is 22.0 Å². The van der Waals surface area contributed by atoms with Gasteiger partial charge in [-0.1, -0.05) is 0 Å². The van der Waals surface area contributed by atoms with Crippen molar-refractivity contribution in [1.29, 1.82) is 0 Å². The first-order valence-corrected chi connectivity index (χ1v) is 4.36. The largest absolute Gasteiger partial charge is 0.477 e. The summed E-state index contributed by atoms with van der Waals surface area (Å²) in [5.74, 6) is -6.03. The summed E-state index contributed by atoms with van der Waals surface area (Å²) >= 11 is 0. The van der Waals surface area contributed by atoms with Crippen molar-refractivity contribution in [1.82, 2.24) is 0 Å². The molecule has 0 saturated carbocycles. The Balaban J connectivity index is 4.39. The molecule has 0 amide bonds. The minimum absolute atomic E-state index is 0.430.